The van der Waals surface area contributed by atoms with Crippen LogP contribution >= 0.6 is 0 Å². The lowest BCUT2D eigenvalue weighted by Gasteiger charge is -2.23. The third-order valence-corrected chi connectivity index (χ3v) is 6.16. The predicted octanol–water partition coefficient (Wildman–Crippen LogP) is 4.07. The maximum atomic E-state index is 12.4. The molecule has 0 saturated carbocycles. The van der Waals surface area contributed by atoms with Crippen molar-refractivity contribution >= 4 is 28.8 Å². The number of carbonyl (C=O) groups is 2. The predicted molar refractivity (Wildman–Crippen MR) is 145 cm³/mol. The van der Waals surface area contributed by atoms with Crippen LogP contribution < -0.4 is 11.1 Å². The standard InChI is InChI=1S/C30H32N4O2/c31-29(35)15-14-23-10-12-25(13-11-23)22-34(18-16-26-21-33-28-9-5-4-8-27(26)28)19-17-32-30(36)20-24-6-2-1-3-7-24/h1-15,21,33H,16-20,22H2,(H2,31,35)(H,32,36)/b15-14+. The van der Waals surface area contributed by atoms with Gasteiger partial charge in [-0.05, 0) is 40.8 Å². The zero-order chi connectivity index (χ0) is 25.2. The van der Waals surface area contributed by atoms with E-state index >= 15 is 0 Å². The van der Waals surface area contributed by atoms with Gasteiger partial charge < -0.3 is 16.0 Å². The summed E-state index contributed by atoms with van der Waals surface area (Å²) in [4.78, 5) is 29.1. The maximum Gasteiger partial charge on any atom is 0.241 e. The van der Waals surface area contributed by atoms with Gasteiger partial charge in [-0.2, -0.15) is 0 Å². The number of benzene rings is 3. The van der Waals surface area contributed by atoms with Gasteiger partial charge in [0.25, 0.3) is 0 Å². The van der Waals surface area contributed by atoms with Gasteiger partial charge in [0.1, 0.15) is 0 Å². The average molecular weight is 481 g/mol. The number of nitrogens with one attached hydrogen (secondary N) is 2. The molecule has 4 rings (SSSR count). The number of nitrogens with zero attached hydrogens (tertiary/aromatic N) is 1. The minimum Gasteiger partial charge on any atom is -0.366 e. The van der Waals surface area contributed by atoms with Crippen LogP contribution in [0.3, 0.4) is 0 Å². The summed E-state index contributed by atoms with van der Waals surface area (Å²) in [5, 5.41) is 4.32. The number of rotatable bonds is 12. The molecule has 1 aromatic heterocycles. The molecule has 6 nitrogen and oxygen atoms in total. The fourth-order valence-corrected chi connectivity index (χ4v) is 4.25. The number of para-hydroxylation sites is 1. The molecule has 0 bridgehead atoms. The number of carbonyl (C=O) groups excluding carboxylic acids is 2. The Morgan fingerprint density at radius 2 is 1.64 bits per heavy atom. The molecule has 0 aliphatic rings. The Hall–Kier alpha value is -4.16. The second-order valence-electron chi connectivity index (χ2n) is 8.88. The Morgan fingerprint density at radius 1 is 0.889 bits per heavy atom. The van der Waals surface area contributed by atoms with E-state index in [1.807, 2.05) is 48.5 Å². The van der Waals surface area contributed by atoms with Crippen LogP contribution in [0.1, 0.15) is 22.3 Å². The number of aromatic amines is 1. The molecule has 0 atom stereocenters. The molecule has 4 N–H and O–H groups in total. The summed E-state index contributed by atoms with van der Waals surface area (Å²) in [5.41, 5.74) is 10.7. The average Bonchev–Trinajstić information content (AvgIpc) is 3.30. The normalized spacial score (nSPS) is 11.4. The summed E-state index contributed by atoms with van der Waals surface area (Å²) in [7, 11) is 0. The SMILES string of the molecule is NC(=O)/C=C/c1ccc(CN(CCNC(=O)Cc2ccccc2)CCc2c[nH]c3ccccc23)cc1. The summed E-state index contributed by atoms with van der Waals surface area (Å²) in [6.45, 7) is 2.95. The fraction of sp³-hybridized carbons (Fsp3) is 0.200. The third-order valence-electron chi connectivity index (χ3n) is 6.16. The van der Waals surface area contributed by atoms with Crippen molar-refractivity contribution in [3.8, 4) is 0 Å². The minimum absolute atomic E-state index is 0.0309. The highest BCUT2D eigenvalue weighted by Crippen LogP contribution is 2.19. The first kappa shape index (κ1) is 24.9. The van der Waals surface area contributed by atoms with Crippen LogP contribution in [0.15, 0.2) is 91.1 Å². The van der Waals surface area contributed by atoms with Crippen LogP contribution in [-0.2, 0) is 29.0 Å². The molecule has 36 heavy (non-hydrogen) atoms. The van der Waals surface area contributed by atoms with Crippen molar-refractivity contribution in [3.63, 3.8) is 0 Å². The van der Waals surface area contributed by atoms with Crippen LogP contribution in [0, 0.1) is 0 Å². The monoisotopic (exact) mass is 480 g/mol. The summed E-state index contributed by atoms with van der Waals surface area (Å²) in [6.07, 6.45) is 6.45. The summed E-state index contributed by atoms with van der Waals surface area (Å²) in [5.74, 6) is -0.430. The second kappa shape index (κ2) is 12.5. The van der Waals surface area contributed by atoms with E-state index in [0.29, 0.717) is 13.0 Å². The third kappa shape index (κ3) is 7.42. The first-order valence-corrected chi connectivity index (χ1v) is 12.2. The van der Waals surface area contributed by atoms with Crippen LogP contribution in [0.2, 0.25) is 0 Å². The Bertz CT molecular complexity index is 1310. The van der Waals surface area contributed by atoms with E-state index in [1.54, 1.807) is 6.08 Å². The molecule has 3 aromatic carbocycles. The van der Waals surface area contributed by atoms with E-state index in [0.717, 1.165) is 42.7 Å². The summed E-state index contributed by atoms with van der Waals surface area (Å²) < 4.78 is 0. The topological polar surface area (TPSA) is 91.2 Å². The molecule has 184 valence electrons. The second-order valence-corrected chi connectivity index (χ2v) is 8.88. The van der Waals surface area contributed by atoms with Crippen molar-refractivity contribution in [2.75, 3.05) is 19.6 Å². The Balaban J connectivity index is 1.38. The van der Waals surface area contributed by atoms with E-state index in [2.05, 4.69) is 51.7 Å². The molecular formula is C30H32N4O2. The number of amides is 2. The minimum atomic E-state index is -0.461. The Labute approximate surface area is 211 Å². The highest BCUT2D eigenvalue weighted by atomic mass is 16.1. The number of nitrogens with two attached hydrogens (primary N) is 1. The first-order chi connectivity index (χ1) is 17.6. The van der Waals surface area contributed by atoms with Crippen molar-refractivity contribution in [2.24, 2.45) is 5.73 Å². The van der Waals surface area contributed by atoms with Gasteiger partial charge in [0.2, 0.25) is 11.8 Å². The van der Waals surface area contributed by atoms with E-state index in [9.17, 15) is 9.59 Å². The van der Waals surface area contributed by atoms with Gasteiger partial charge in [0.05, 0.1) is 6.42 Å². The van der Waals surface area contributed by atoms with Crippen molar-refractivity contribution in [1.29, 1.82) is 0 Å². The molecular weight excluding hydrogens is 448 g/mol. The Morgan fingerprint density at radius 3 is 2.42 bits per heavy atom. The van der Waals surface area contributed by atoms with Crippen LogP contribution in [0.25, 0.3) is 17.0 Å². The molecule has 2 amide bonds. The van der Waals surface area contributed by atoms with Crippen molar-refractivity contribution in [2.45, 2.75) is 19.4 Å². The number of aromatic nitrogens is 1. The van der Waals surface area contributed by atoms with Gasteiger partial charge >= 0.3 is 0 Å². The molecule has 0 spiro atoms. The molecule has 4 aromatic rings. The zero-order valence-electron chi connectivity index (χ0n) is 20.3. The molecule has 0 unspecified atom stereocenters. The molecule has 1 heterocycles. The lowest BCUT2D eigenvalue weighted by atomic mass is 10.1. The summed E-state index contributed by atoms with van der Waals surface area (Å²) >= 11 is 0. The number of fused-ring (bicyclic) bond motifs is 1. The van der Waals surface area contributed by atoms with E-state index in [1.165, 1.54) is 22.6 Å². The van der Waals surface area contributed by atoms with Crippen LogP contribution in [-0.4, -0.2) is 41.3 Å². The largest absolute Gasteiger partial charge is 0.366 e. The number of hydrogen-bond donors (Lipinski definition) is 3. The van der Waals surface area contributed by atoms with E-state index in [-0.39, 0.29) is 5.91 Å². The van der Waals surface area contributed by atoms with Gasteiger partial charge in [0, 0.05) is 49.4 Å². The van der Waals surface area contributed by atoms with E-state index < -0.39 is 5.91 Å². The molecule has 0 aliphatic carbocycles. The summed E-state index contributed by atoms with van der Waals surface area (Å²) in [6, 6.07) is 26.2. The van der Waals surface area contributed by atoms with Gasteiger partial charge in [-0.3, -0.25) is 14.5 Å². The van der Waals surface area contributed by atoms with Gasteiger partial charge in [-0.1, -0.05) is 72.8 Å². The number of primary amides is 1. The number of H-pyrrole nitrogens is 1. The fourth-order valence-electron chi connectivity index (χ4n) is 4.25. The number of hydrogen-bond acceptors (Lipinski definition) is 3. The van der Waals surface area contributed by atoms with Gasteiger partial charge in [-0.25, -0.2) is 0 Å². The lowest BCUT2D eigenvalue weighted by Crippen LogP contribution is -2.36. The lowest BCUT2D eigenvalue weighted by molar-refractivity contribution is -0.120. The van der Waals surface area contributed by atoms with Crippen molar-refractivity contribution in [1.82, 2.24) is 15.2 Å². The van der Waals surface area contributed by atoms with Gasteiger partial charge in [0.15, 0.2) is 0 Å². The Kier molecular flexibility index (Phi) is 8.67. The molecule has 0 radical (unpaired) electrons. The maximum absolute atomic E-state index is 12.4. The molecule has 6 heteroatoms. The first-order valence-electron chi connectivity index (χ1n) is 12.2. The quantitative estimate of drug-likeness (QED) is 0.267. The van der Waals surface area contributed by atoms with Crippen molar-refractivity contribution < 1.29 is 9.59 Å². The van der Waals surface area contributed by atoms with Crippen LogP contribution in [0.5, 0.6) is 0 Å². The van der Waals surface area contributed by atoms with Crippen molar-refractivity contribution in [3.05, 3.63) is 113 Å². The molecule has 0 fully saturated rings. The highest BCUT2D eigenvalue weighted by molar-refractivity contribution is 5.90. The van der Waals surface area contributed by atoms with E-state index in [4.69, 9.17) is 5.73 Å². The van der Waals surface area contributed by atoms with Gasteiger partial charge in [-0.15, -0.1) is 0 Å². The van der Waals surface area contributed by atoms with Crippen LogP contribution in [0.4, 0.5) is 0 Å². The zero-order valence-corrected chi connectivity index (χ0v) is 20.3. The molecule has 0 saturated heterocycles. The smallest absolute Gasteiger partial charge is 0.241 e. The molecule has 0 aliphatic heterocycles. The highest BCUT2D eigenvalue weighted by Gasteiger charge is 2.10.